The Labute approximate surface area is 147 Å². The third kappa shape index (κ3) is 6.77. The van der Waals surface area contributed by atoms with Crippen molar-refractivity contribution in [1.29, 1.82) is 0 Å². The zero-order chi connectivity index (χ0) is 17.2. The highest BCUT2D eigenvalue weighted by atomic mass is 16.5. The van der Waals surface area contributed by atoms with Crippen molar-refractivity contribution in [2.24, 2.45) is 5.84 Å². The topological polar surface area (TPSA) is 45.0 Å². The second kappa shape index (κ2) is 10.7. The largest absolute Gasteiger partial charge is 0.494 e. The Morgan fingerprint density at radius 3 is 2.50 bits per heavy atom. The van der Waals surface area contributed by atoms with Crippen molar-refractivity contribution in [3.8, 4) is 5.75 Å². The standard InChI is InChI=1S/C19H34N4O/c1-3-21(4-2)12-6-16-24-19-9-7-18(8-10-19)17-22-11-5-13-23(20)15-14-22/h7-10H,3-6,11-17,20H2,1-2H3. The first-order valence-electron chi connectivity index (χ1n) is 9.37. The first-order valence-corrected chi connectivity index (χ1v) is 9.37. The van der Waals surface area contributed by atoms with E-state index in [0.717, 1.165) is 77.6 Å². The van der Waals surface area contributed by atoms with Crippen molar-refractivity contribution in [2.75, 3.05) is 52.4 Å². The van der Waals surface area contributed by atoms with E-state index in [9.17, 15) is 0 Å². The van der Waals surface area contributed by atoms with Crippen LogP contribution in [0.4, 0.5) is 0 Å². The summed E-state index contributed by atoms with van der Waals surface area (Å²) in [7, 11) is 0. The molecule has 1 aliphatic rings. The van der Waals surface area contributed by atoms with Crippen LogP contribution in [0.25, 0.3) is 0 Å². The number of rotatable bonds is 9. The average molecular weight is 335 g/mol. The molecule has 0 unspecified atom stereocenters. The van der Waals surface area contributed by atoms with E-state index in [1.165, 1.54) is 5.56 Å². The number of nitrogens with two attached hydrogens (primary N) is 1. The monoisotopic (exact) mass is 334 g/mol. The Balaban J connectivity index is 1.70. The maximum Gasteiger partial charge on any atom is 0.119 e. The molecule has 2 rings (SSSR count). The second-order valence-electron chi connectivity index (χ2n) is 6.54. The molecule has 5 heteroatoms. The molecule has 0 spiro atoms. The van der Waals surface area contributed by atoms with E-state index in [4.69, 9.17) is 10.6 Å². The summed E-state index contributed by atoms with van der Waals surface area (Å²) in [5.41, 5.74) is 1.34. The van der Waals surface area contributed by atoms with Gasteiger partial charge in [0.1, 0.15) is 5.75 Å². The first-order chi connectivity index (χ1) is 11.7. The van der Waals surface area contributed by atoms with E-state index in [1.807, 2.05) is 5.01 Å². The molecule has 0 bridgehead atoms. The summed E-state index contributed by atoms with van der Waals surface area (Å²) in [5.74, 6) is 6.87. The molecule has 0 radical (unpaired) electrons. The van der Waals surface area contributed by atoms with Crippen LogP contribution in [0.3, 0.4) is 0 Å². The molecule has 24 heavy (non-hydrogen) atoms. The predicted molar refractivity (Wildman–Crippen MR) is 100.0 cm³/mol. The fourth-order valence-corrected chi connectivity index (χ4v) is 3.12. The predicted octanol–water partition coefficient (Wildman–Crippen LogP) is 2.18. The van der Waals surface area contributed by atoms with Gasteiger partial charge in [0.15, 0.2) is 0 Å². The van der Waals surface area contributed by atoms with Crippen LogP contribution in [0.5, 0.6) is 5.75 Å². The maximum absolute atomic E-state index is 5.89. The Kier molecular flexibility index (Phi) is 8.53. The summed E-state index contributed by atoms with van der Waals surface area (Å²) in [6.45, 7) is 13.6. The smallest absolute Gasteiger partial charge is 0.119 e. The summed E-state index contributed by atoms with van der Waals surface area (Å²) in [4.78, 5) is 4.91. The first kappa shape index (κ1) is 19.2. The van der Waals surface area contributed by atoms with Crippen LogP contribution in [0, 0.1) is 0 Å². The molecule has 1 aromatic carbocycles. The van der Waals surface area contributed by atoms with Gasteiger partial charge >= 0.3 is 0 Å². The zero-order valence-electron chi connectivity index (χ0n) is 15.4. The normalized spacial score (nSPS) is 17.2. The fourth-order valence-electron chi connectivity index (χ4n) is 3.12. The molecule has 1 heterocycles. The van der Waals surface area contributed by atoms with E-state index in [1.54, 1.807) is 0 Å². The Morgan fingerprint density at radius 2 is 1.79 bits per heavy atom. The fraction of sp³-hybridized carbons (Fsp3) is 0.684. The Morgan fingerprint density at radius 1 is 1.04 bits per heavy atom. The van der Waals surface area contributed by atoms with Gasteiger partial charge in [-0.05, 0) is 50.2 Å². The van der Waals surface area contributed by atoms with Crippen molar-refractivity contribution < 1.29 is 4.74 Å². The molecular weight excluding hydrogens is 300 g/mol. The molecule has 2 N–H and O–H groups in total. The summed E-state index contributed by atoms with van der Waals surface area (Å²) in [5, 5.41) is 1.93. The van der Waals surface area contributed by atoms with Gasteiger partial charge in [0.25, 0.3) is 0 Å². The molecule has 1 fully saturated rings. The van der Waals surface area contributed by atoms with E-state index in [2.05, 4.69) is 47.9 Å². The molecule has 1 aromatic rings. The van der Waals surface area contributed by atoms with Crippen LogP contribution in [0.15, 0.2) is 24.3 Å². The summed E-state index contributed by atoms with van der Waals surface area (Å²) < 4.78 is 5.86. The van der Waals surface area contributed by atoms with Crippen molar-refractivity contribution >= 4 is 0 Å². The number of hydrazine groups is 1. The van der Waals surface area contributed by atoms with Crippen LogP contribution >= 0.6 is 0 Å². The van der Waals surface area contributed by atoms with Gasteiger partial charge < -0.3 is 9.64 Å². The van der Waals surface area contributed by atoms with Gasteiger partial charge in [-0.2, -0.15) is 0 Å². The van der Waals surface area contributed by atoms with Crippen LogP contribution < -0.4 is 10.6 Å². The minimum atomic E-state index is 0.786. The van der Waals surface area contributed by atoms with Gasteiger partial charge in [0.05, 0.1) is 6.61 Å². The lowest BCUT2D eigenvalue weighted by Crippen LogP contribution is -2.35. The SMILES string of the molecule is CCN(CC)CCCOc1ccc(CN2CCCN(N)CC2)cc1. The van der Waals surface area contributed by atoms with Crippen LogP contribution in [0.2, 0.25) is 0 Å². The molecular formula is C19H34N4O. The molecule has 0 saturated carbocycles. The summed E-state index contributed by atoms with van der Waals surface area (Å²) in [6.07, 6.45) is 2.22. The van der Waals surface area contributed by atoms with Crippen LogP contribution in [-0.2, 0) is 6.54 Å². The molecule has 136 valence electrons. The lowest BCUT2D eigenvalue weighted by molar-refractivity contribution is 0.248. The Hall–Kier alpha value is -1.14. The molecule has 1 saturated heterocycles. The highest BCUT2D eigenvalue weighted by Gasteiger charge is 2.12. The third-order valence-corrected chi connectivity index (χ3v) is 4.73. The van der Waals surface area contributed by atoms with E-state index >= 15 is 0 Å². The molecule has 5 nitrogen and oxygen atoms in total. The van der Waals surface area contributed by atoms with Gasteiger partial charge in [-0.3, -0.25) is 10.7 Å². The highest BCUT2D eigenvalue weighted by Crippen LogP contribution is 2.15. The second-order valence-corrected chi connectivity index (χ2v) is 6.54. The maximum atomic E-state index is 5.89. The summed E-state index contributed by atoms with van der Waals surface area (Å²) >= 11 is 0. The number of benzene rings is 1. The van der Waals surface area contributed by atoms with Gasteiger partial charge in [-0.1, -0.05) is 26.0 Å². The lowest BCUT2D eigenvalue weighted by Gasteiger charge is -2.20. The van der Waals surface area contributed by atoms with Crippen LogP contribution in [0.1, 0.15) is 32.3 Å². The molecule has 0 aliphatic carbocycles. The highest BCUT2D eigenvalue weighted by molar-refractivity contribution is 5.27. The number of hydrogen-bond donors (Lipinski definition) is 1. The van der Waals surface area contributed by atoms with Gasteiger partial charge in [-0.15, -0.1) is 0 Å². The summed E-state index contributed by atoms with van der Waals surface area (Å²) in [6, 6.07) is 8.56. The van der Waals surface area contributed by atoms with Gasteiger partial charge in [-0.25, -0.2) is 5.01 Å². The van der Waals surface area contributed by atoms with E-state index in [0.29, 0.717) is 0 Å². The van der Waals surface area contributed by atoms with Crippen molar-refractivity contribution in [1.82, 2.24) is 14.8 Å². The zero-order valence-corrected chi connectivity index (χ0v) is 15.4. The quantitative estimate of drug-likeness (QED) is 0.554. The minimum absolute atomic E-state index is 0.786. The van der Waals surface area contributed by atoms with E-state index in [-0.39, 0.29) is 0 Å². The minimum Gasteiger partial charge on any atom is -0.494 e. The van der Waals surface area contributed by atoms with Gasteiger partial charge in [0, 0.05) is 32.7 Å². The van der Waals surface area contributed by atoms with E-state index < -0.39 is 0 Å². The van der Waals surface area contributed by atoms with Crippen LogP contribution in [-0.4, -0.2) is 67.2 Å². The average Bonchev–Trinajstić information content (AvgIpc) is 2.81. The molecule has 0 aromatic heterocycles. The van der Waals surface area contributed by atoms with Gasteiger partial charge in [0.2, 0.25) is 0 Å². The third-order valence-electron chi connectivity index (χ3n) is 4.73. The number of hydrogen-bond acceptors (Lipinski definition) is 5. The van der Waals surface area contributed by atoms with Crippen molar-refractivity contribution in [3.05, 3.63) is 29.8 Å². The lowest BCUT2D eigenvalue weighted by atomic mass is 10.2. The Bertz CT molecular complexity index is 447. The number of ether oxygens (including phenoxy) is 1. The van der Waals surface area contributed by atoms with Crippen molar-refractivity contribution in [3.63, 3.8) is 0 Å². The van der Waals surface area contributed by atoms with Crippen molar-refractivity contribution in [2.45, 2.75) is 33.2 Å². The number of nitrogens with zero attached hydrogens (tertiary/aromatic N) is 3. The molecule has 1 aliphatic heterocycles. The molecule has 0 amide bonds. The molecule has 0 atom stereocenters.